The lowest BCUT2D eigenvalue weighted by Crippen LogP contribution is -2.15. The maximum Gasteiger partial charge on any atom is 0.206 e. The number of anilines is 1. The molecule has 7 heteroatoms. The van der Waals surface area contributed by atoms with Crippen LogP contribution in [0.2, 0.25) is 5.02 Å². The lowest BCUT2D eigenvalue weighted by molar-refractivity contribution is 0.178. The molecule has 5 nitrogen and oxygen atoms in total. The summed E-state index contributed by atoms with van der Waals surface area (Å²) in [4.78, 5) is 0. The Morgan fingerprint density at radius 3 is 2.67 bits per heavy atom. The third kappa shape index (κ3) is 4.35. The van der Waals surface area contributed by atoms with E-state index in [9.17, 15) is 0 Å². The highest BCUT2D eigenvalue weighted by atomic mass is 35.5. The van der Waals surface area contributed by atoms with Crippen LogP contribution in [-0.4, -0.2) is 23.9 Å². The van der Waals surface area contributed by atoms with Gasteiger partial charge in [-0.2, -0.15) is 0 Å². The van der Waals surface area contributed by atoms with E-state index in [1.165, 1.54) is 11.3 Å². The molecule has 1 atom stereocenters. The molecule has 1 N–H and O–H groups in total. The second-order valence-electron chi connectivity index (χ2n) is 5.40. The minimum atomic E-state index is -0.0972. The van der Waals surface area contributed by atoms with E-state index in [0.717, 1.165) is 38.7 Å². The number of halogens is 1. The number of hydrogen-bond donors (Lipinski definition) is 1. The predicted molar refractivity (Wildman–Crippen MR) is 95.9 cm³/mol. The first-order valence-electron chi connectivity index (χ1n) is 7.52. The molecule has 0 radical (unpaired) electrons. The highest BCUT2D eigenvalue weighted by Crippen LogP contribution is 2.25. The topological polar surface area (TPSA) is 60.2 Å². The zero-order valence-electron chi connectivity index (χ0n) is 13.5. The molecule has 0 amide bonds. The Labute approximate surface area is 149 Å². The van der Waals surface area contributed by atoms with Crippen molar-refractivity contribution in [1.82, 2.24) is 10.2 Å². The van der Waals surface area contributed by atoms with Crippen molar-refractivity contribution in [3.8, 4) is 0 Å². The van der Waals surface area contributed by atoms with Gasteiger partial charge in [-0.25, -0.2) is 0 Å². The number of furan rings is 1. The molecule has 0 aliphatic heterocycles. The van der Waals surface area contributed by atoms with Gasteiger partial charge in [0.05, 0.1) is 6.61 Å². The number of nitrogens with zero attached hydrogens (tertiary/aromatic N) is 2. The van der Waals surface area contributed by atoms with Crippen molar-refractivity contribution in [2.45, 2.75) is 19.4 Å². The van der Waals surface area contributed by atoms with Gasteiger partial charge in [0.2, 0.25) is 5.13 Å². The molecular formula is C17H18ClN3O2S. The molecule has 24 heavy (non-hydrogen) atoms. The molecule has 3 rings (SSSR count). The average molecular weight is 364 g/mol. The number of aromatic nitrogens is 2. The molecule has 0 bridgehead atoms. The normalized spacial score (nSPS) is 12.3. The lowest BCUT2D eigenvalue weighted by atomic mass is 10.2. The summed E-state index contributed by atoms with van der Waals surface area (Å²) < 4.78 is 11.0. The van der Waals surface area contributed by atoms with E-state index in [-0.39, 0.29) is 6.04 Å². The van der Waals surface area contributed by atoms with E-state index in [1.54, 1.807) is 7.11 Å². The second-order valence-corrected chi connectivity index (χ2v) is 6.90. The standard InChI is InChI=1S/C17H18ClN3O2S/c1-11-3-8-15(23-11)14(10-22-2)19-17-21-20-16(24-17)9-12-4-6-13(18)7-5-12/h3-8,14H,9-10H2,1-2H3,(H,19,21). The third-order valence-corrected chi connectivity index (χ3v) is 4.58. The van der Waals surface area contributed by atoms with Crippen LogP contribution in [0.15, 0.2) is 40.8 Å². The van der Waals surface area contributed by atoms with Crippen molar-refractivity contribution >= 4 is 28.1 Å². The first-order valence-corrected chi connectivity index (χ1v) is 8.72. The molecule has 1 aromatic carbocycles. The molecule has 2 aromatic heterocycles. The fourth-order valence-corrected chi connectivity index (χ4v) is 3.26. The molecule has 0 saturated heterocycles. The first kappa shape index (κ1) is 17.0. The molecular weight excluding hydrogens is 346 g/mol. The van der Waals surface area contributed by atoms with E-state index >= 15 is 0 Å². The van der Waals surface area contributed by atoms with E-state index in [4.69, 9.17) is 20.8 Å². The Morgan fingerprint density at radius 2 is 2.00 bits per heavy atom. The highest BCUT2D eigenvalue weighted by Gasteiger charge is 2.17. The number of aryl methyl sites for hydroxylation is 1. The fraction of sp³-hybridized carbons (Fsp3) is 0.294. The van der Waals surface area contributed by atoms with Gasteiger partial charge in [0.15, 0.2) is 0 Å². The SMILES string of the molecule is COCC(Nc1nnc(Cc2ccc(Cl)cc2)s1)c1ccc(C)o1. The van der Waals surface area contributed by atoms with Gasteiger partial charge in [-0.1, -0.05) is 35.1 Å². The number of ether oxygens (including phenoxy) is 1. The maximum atomic E-state index is 5.91. The van der Waals surface area contributed by atoms with Crippen LogP contribution in [0.5, 0.6) is 0 Å². The number of nitrogens with one attached hydrogen (secondary N) is 1. The molecule has 2 heterocycles. The van der Waals surface area contributed by atoms with Gasteiger partial charge in [-0.15, -0.1) is 10.2 Å². The van der Waals surface area contributed by atoms with Crippen molar-refractivity contribution in [3.63, 3.8) is 0 Å². The van der Waals surface area contributed by atoms with Gasteiger partial charge in [-0.3, -0.25) is 0 Å². The molecule has 126 valence electrons. The van der Waals surface area contributed by atoms with E-state index < -0.39 is 0 Å². The minimum absolute atomic E-state index is 0.0972. The zero-order chi connectivity index (χ0) is 16.9. The van der Waals surface area contributed by atoms with Gasteiger partial charge < -0.3 is 14.5 Å². The van der Waals surface area contributed by atoms with Gasteiger partial charge in [0.1, 0.15) is 22.6 Å². The summed E-state index contributed by atoms with van der Waals surface area (Å²) in [5.41, 5.74) is 1.15. The first-order chi connectivity index (χ1) is 11.6. The Bertz CT molecular complexity index is 785. The molecule has 1 unspecified atom stereocenters. The smallest absolute Gasteiger partial charge is 0.206 e. The monoisotopic (exact) mass is 363 g/mol. The van der Waals surface area contributed by atoms with E-state index in [0.29, 0.717) is 6.61 Å². The summed E-state index contributed by atoms with van der Waals surface area (Å²) >= 11 is 7.43. The quantitative estimate of drug-likeness (QED) is 0.670. The zero-order valence-corrected chi connectivity index (χ0v) is 15.0. The van der Waals surface area contributed by atoms with E-state index in [2.05, 4.69) is 15.5 Å². The molecule has 0 fully saturated rings. The Balaban J connectivity index is 1.68. The number of benzene rings is 1. The van der Waals surface area contributed by atoms with Crippen molar-refractivity contribution in [2.75, 3.05) is 19.0 Å². The highest BCUT2D eigenvalue weighted by molar-refractivity contribution is 7.15. The Hall–Kier alpha value is -1.89. The molecule has 0 spiro atoms. The van der Waals surface area contributed by atoms with Crippen molar-refractivity contribution in [3.05, 3.63) is 63.5 Å². The Kier molecular flexibility index (Phi) is 5.50. The van der Waals surface area contributed by atoms with Crippen LogP contribution in [-0.2, 0) is 11.2 Å². The largest absolute Gasteiger partial charge is 0.464 e. The summed E-state index contributed by atoms with van der Waals surface area (Å²) in [5, 5.41) is 14.2. The van der Waals surface area contributed by atoms with Gasteiger partial charge >= 0.3 is 0 Å². The number of hydrogen-bond acceptors (Lipinski definition) is 6. The molecule has 3 aromatic rings. The van der Waals surface area contributed by atoms with Crippen LogP contribution in [0, 0.1) is 6.92 Å². The van der Waals surface area contributed by atoms with Gasteiger partial charge in [0.25, 0.3) is 0 Å². The van der Waals surface area contributed by atoms with Crippen LogP contribution in [0.4, 0.5) is 5.13 Å². The number of rotatable bonds is 7. The summed E-state index contributed by atoms with van der Waals surface area (Å²) in [5.74, 6) is 1.69. The fourth-order valence-electron chi connectivity index (χ4n) is 2.31. The van der Waals surface area contributed by atoms with E-state index in [1.807, 2.05) is 43.3 Å². The summed E-state index contributed by atoms with van der Waals surface area (Å²) in [7, 11) is 1.66. The van der Waals surface area contributed by atoms with Crippen LogP contribution >= 0.6 is 22.9 Å². The van der Waals surface area contributed by atoms with Gasteiger partial charge in [-0.05, 0) is 36.8 Å². The van der Waals surface area contributed by atoms with Crippen molar-refractivity contribution in [2.24, 2.45) is 0 Å². The van der Waals surface area contributed by atoms with Crippen LogP contribution in [0.3, 0.4) is 0 Å². The maximum absolute atomic E-state index is 5.91. The average Bonchev–Trinajstić information content (AvgIpc) is 3.18. The minimum Gasteiger partial charge on any atom is -0.464 e. The van der Waals surface area contributed by atoms with Crippen LogP contribution < -0.4 is 5.32 Å². The predicted octanol–water partition coefficient (Wildman–Crippen LogP) is 4.48. The van der Waals surface area contributed by atoms with Crippen molar-refractivity contribution in [1.29, 1.82) is 0 Å². The summed E-state index contributed by atoms with van der Waals surface area (Å²) in [6.07, 6.45) is 0.728. The Morgan fingerprint density at radius 1 is 1.21 bits per heavy atom. The summed E-state index contributed by atoms with van der Waals surface area (Å²) in [6, 6.07) is 11.5. The van der Waals surface area contributed by atoms with Gasteiger partial charge in [0, 0.05) is 18.6 Å². The van der Waals surface area contributed by atoms with Crippen LogP contribution in [0.1, 0.15) is 28.1 Å². The van der Waals surface area contributed by atoms with Crippen molar-refractivity contribution < 1.29 is 9.15 Å². The lowest BCUT2D eigenvalue weighted by Gasteiger charge is -2.14. The molecule has 0 saturated carbocycles. The number of methoxy groups -OCH3 is 1. The third-order valence-electron chi connectivity index (χ3n) is 3.47. The summed E-state index contributed by atoms with van der Waals surface area (Å²) in [6.45, 7) is 2.40. The van der Waals surface area contributed by atoms with Crippen LogP contribution in [0.25, 0.3) is 0 Å². The second kappa shape index (κ2) is 7.79. The molecule has 0 aliphatic carbocycles. The molecule has 0 aliphatic rings.